The molecule has 3 saturated heterocycles. The molecular formula is C29H30N6O2. The maximum Gasteiger partial charge on any atom is 0.252 e. The maximum atomic E-state index is 13.0. The first-order valence-corrected chi connectivity index (χ1v) is 13.4. The van der Waals surface area contributed by atoms with Gasteiger partial charge in [-0.3, -0.25) is 4.79 Å². The fourth-order valence-corrected chi connectivity index (χ4v) is 5.87. The molecule has 3 aliphatic heterocycles. The Morgan fingerprint density at radius 2 is 1.62 bits per heavy atom. The van der Waals surface area contributed by atoms with Crippen LogP contribution in [0.25, 0.3) is 22.1 Å². The average molecular weight is 495 g/mol. The zero-order valence-electron chi connectivity index (χ0n) is 20.7. The van der Waals surface area contributed by atoms with Gasteiger partial charge in [-0.05, 0) is 81.5 Å². The van der Waals surface area contributed by atoms with Crippen molar-refractivity contribution in [3.63, 3.8) is 0 Å². The van der Waals surface area contributed by atoms with E-state index in [2.05, 4.69) is 33.2 Å². The Balaban J connectivity index is 1.11. The Morgan fingerprint density at radius 3 is 2.30 bits per heavy atom. The third kappa shape index (κ3) is 4.28. The fraction of sp³-hybridized carbons (Fsp3) is 0.414. The van der Waals surface area contributed by atoms with Crippen LogP contribution < -0.4 is 5.32 Å². The molecule has 0 bridgehead atoms. The summed E-state index contributed by atoms with van der Waals surface area (Å²) in [5.41, 5.74) is 5.69. The molecule has 3 atom stereocenters. The number of carbonyl (C=O) groups excluding carboxylic acids is 1. The molecule has 3 N–H and O–H groups in total. The molecule has 188 valence electrons. The molecule has 8 nitrogen and oxygen atoms in total. The average Bonchev–Trinajstić information content (AvgIpc) is 3.74. The SMILES string of the molecule is O=C([C@H]1CCCO1)N1CCC[C@H]1c1nc2ccc(C#Cc3ccc4nc([C@@H]5CCCN5)[nH]c4c3)cc2[nH]1. The second-order valence-corrected chi connectivity index (χ2v) is 10.3. The molecule has 37 heavy (non-hydrogen) atoms. The van der Waals surface area contributed by atoms with E-state index in [1.807, 2.05) is 35.2 Å². The number of aromatic nitrogens is 4. The van der Waals surface area contributed by atoms with Gasteiger partial charge in [-0.25, -0.2) is 9.97 Å². The lowest BCUT2D eigenvalue weighted by atomic mass is 10.1. The molecule has 7 rings (SSSR count). The largest absolute Gasteiger partial charge is 0.368 e. The second-order valence-electron chi connectivity index (χ2n) is 10.3. The van der Waals surface area contributed by atoms with Crippen molar-refractivity contribution in [3.8, 4) is 11.8 Å². The summed E-state index contributed by atoms with van der Waals surface area (Å²) >= 11 is 0. The van der Waals surface area contributed by atoms with Gasteiger partial charge in [0.15, 0.2) is 0 Å². The van der Waals surface area contributed by atoms with Crippen LogP contribution in [0.15, 0.2) is 36.4 Å². The van der Waals surface area contributed by atoms with Gasteiger partial charge in [0.2, 0.25) is 0 Å². The highest BCUT2D eigenvalue weighted by atomic mass is 16.5. The topological polar surface area (TPSA) is 98.9 Å². The van der Waals surface area contributed by atoms with E-state index in [9.17, 15) is 4.79 Å². The second kappa shape index (κ2) is 9.33. The minimum Gasteiger partial charge on any atom is -0.368 e. The number of aromatic amines is 2. The molecule has 0 aliphatic carbocycles. The van der Waals surface area contributed by atoms with Gasteiger partial charge in [0, 0.05) is 24.3 Å². The van der Waals surface area contributed by atoms with Crippen molar-refractivity contribution >= 4 is 28.0 Å². The van der Waals surface area contributed by atoms with Gasteiger partial charge in [-0.15, -0.1) is 0 Å². The van der Waals surface area contributed by atoms with E-state index in [1.54, 1.807) is 0 Å². The molecule has 0 spiro atoms. The predicted octanol–water partition coefficient (Wildman–Crippen LogP) is 4.11. The van der Waals surface area contributed by atoms with Gasteiger partial charge in [-0.1, -0.05) is 11.8 Å². The molecular weight excluding hydrogens is 464 g/mol. The van der Waals surface area contributed by atoms with Crippen LogP contribution >= 0.6 is 0 Å². The fourth-order valence-electron chi connectivity index (χ4n) is 5.87. The van der Waals surface area contributed by atoms with Gasteiger partial charge in [-0.2, -0.15) is 0 Å². The normalized spacial score (nSPS) is 23.7. The summed E-state index contributed by atoms with van der Waals surface area (Å²) in [4.78, 5) is 31.5. The molecule has 8 heteroatoms. The quantitative estimate of drug-likeness (QED) is 0.373. The maximum absolute atomic E-state index is 13.0. The van der Waals surface area contributed by atoms with Crippen LogP contribution in [-0.2, 0) is 9.53 Å². The third-order valence-electron chi connectivity index (χ3n) is 7.80. The highest BCUT2D eigenvalue weighted by Crippen LogP contribution is 2.33. The van der Waals surface area contributed by atoms with Crippen LogP contribution in [-0.4, -0.2) is 56.5 Å². The van der Waals surface area contributed by atoms with Crippen molar-refractivity contribution in [2.24, 2.45) is 0 Å². The van der Waals surface area contributed by atoms with Crippen LogP contribution in [0.4, 0.5) is 0 Å². The first-order chi connectivity index (χ1) is 18.2. The van der Waals surface area contributed by atoms with E-state index in [-0.39, 0.29) is 18.1 Å². The van der Waals surface area contributed by atoms with Gasteiger partial charge >= 0.3 is 0 Å². The van der Waals surface area contributed by atoms with Crippen LogP contribution in [0.3, 0.4) is 0 Å². The molecule has 2 aromatic carbocycles. The number of rotatable bonds is 3. The molecule has 0 radical (unpaired) electrons. The highest BCUT2D eigenvalue weighted by Gasteiger charge is 2.37. The first-order valence-electron chi connectivity index (χ1n) is 13.4. The van der Waals surface area contributed by atoms with Crippen LogP contribution in [0.1, 0.15) is 73.4 Å². The summed E-state index contributed by atoms with van der Waals surface area (Å²) in [5.74, 6) is 8.56. The van der Waals surface area contributed by atoms with Crippen LogP contribution in [0.2, 0.25) is 0 Å². The summed E-state index contributed by atoms with van der Waals surface area (Å²) in [6.07, 6.45) is 5.69. The first kappa shape index (κ1) is 22.5. The number of ether oxygens (including phenoxy) is 1. The van der Waals surface area contributed by atoms with Crippen LogP contribution in [0, 0.1) is 11.8 Å². The number of nitrogens with one attached hydrogen (secondary N) is 3. The molecule has 2 aromatic heterocycles. The Kier molecular flexibility index (Phi) is 5.68. The van der Waals surface area contributed by atoms with Crippen molar-refractivity contribution in [2.75, 3.05) is 19.7 Å². The van der Waals surface area contributed by atoms with E-state index < -0.39 is 0 Å². The third-order valence-corrected chi connectivity index (χ3v) is 7.80. The lowest BCUT2D eigenvalue weighted by molar-refractivity contribution is -0.142. The Hall–Kier alpha value is -3.67. The number of carbonyl (C=O) groups is 1. The Morgan fingerprint density at radius 1 is 0.892 bits per heavy atom. The minimum absolute atomic E-state index is 0.0240. The van der Waals surface area contributed by atoms with Crippen molar-refractivity contribution in [1.29, 1.82) is 0 Å². The van der Waals surface area contributed by atoms with Crippen molar-refractivity contribution < 1.29 is 9.53 Å². The highest BCUT2D eigenvalue weighted by molar-refractivity contribution is 5.82. The smallest absolute Gasteiger partial charge is 0.252 e. The zero-order chi connectivity index (χ0) is 24.8. The van der Waals surface area contributed by atoms with Gasteiger partial charge in [0.1, 0.15) is 17.8 Å². The molecule has 1 amide bonds. The Labute approximate surface area is 215 Å². The molecule has 3 fully saturated rings. The van der Waals surface area contributed by atoms with Crippen molar-refractivity contribution in [1.82, 2.24) is 30.2 Å². The summed E-state index contributed by atoms with van der Waals surface area (Å²) in [5, 5.41) is 3.49. The lowest BCUT2D eigenvalue weighted by Crippen LogP contribution is -2.38. The van der Waals surface area contributed by atoms with E-state index in [1.165, 1.54) is 6.42 Å². The number of nitrogens with zero attached hydrogens (tertiary/aromatic N) is 3. The lowest BCUT2D eigenvalue weighted by Gasteiger charge is -2.25. The number of likely N-dealkylation sites (tertiary alicyclic amines) is 1. The summed E-state index contributed by atoms with van der Waals surface area (Å²) < 4.78 is 5.65. The predicted molar refractivity (Wildman–Crippen MR) is 141 cm³/mol. The number of fused-ring (bicyclic) bond motifs is 2. The molecule has 3 aliphatic rings. The number of amides is 1. The van der Waals surface area contributed by atoms with Gasteiger partial charge < -0.3 is 24.9 Å². The monoisotopic (exact) mass is 494 g/mol. The summed E-state index contributed by atoms with van der Waals surface area (Å²) in [6.45, 7) is 2.49. The minimum atomic E-state index is -0.293. The molecule has 0 unspecified atom stereocenters. The van der Waals surface area contributed by atoms with E-state index in [4.69, 9.17) is 14.7 Å². The summed E-state index contributed by atoms with van der Waals surface area (Å²) in [6, 6.07) is 12.5. The van der Waals surface area contributed by atoms with Crippen molar-refractivity contribution in [2.45, 2.75) is 56.7 Å². The van der Waals surface area contributed by atoms with Gasteiger partial charge in [0.25, 0.3) is 5.91 Å². The van der Waals surface area contributed by atoms with Crippen molar-refractivity contribution in [3.05, 3.63) is 59.2 Å². The van der Waals surface area contributed by atoms with Crippen LogP contribution in [0.5, 0.6) is 0 Å². The molecule has 4 aromatic rings. The number of imidazole rings is 2. The molecule has 0 saturated carbocycles. The number of hydrogen-bond acceptors (Lipinski definition) is 5. The standard InChI is InChI=1S/C29H30N6O2/c36-29(26-6-3-15-37-26)35-14-2-5-25(35)28-32-21-12-10-19(17-24(21)34-28)8-7-18-9-11-20-23(16-18)33-27(31-20)22-4-1-13-30-22/h9-12,16-17,22,25-26,30H,1-6,13-15H2,(H,31,33)(H,32,34)/t22-,25-,26+/m0/s1. The Bertz CT molecular complexity index is 1530. The van der Waals surface area contributed by atoms with E-state index >= 15 is 0 Å². The van der Waals surface area contributed by atoms with E-state index in [0.717, 1.165) is 90.0 Å². The summed E-state index contributed by atoms with van der Waals surface area (Å²) in [7, 11) is 0. The number of hydrogen-bond donors (Lipinski definition) is 3. The number of H-pyrrole nitrogens is 2. The number of benzene rings is 2. The van der Waals surface area contributed by atoms with E-state index in [0.29, 0.717) is 12.6 Å². The zero-order valence-corrected chi connectivity index (χ0v) is 20.7. The van der Waals surface area contributed by atoms with Gasteiger partial charge in [0.05, 0.1) is 34.2 Å². The molecule has 5 heterocycles.